The van der Waals surface area contributed by atoms with E-state index in [1.54, 1.807) is 23.9 Å². The fourth-order valence-corrected chi connectivity index (χ4v) is 5.63. The average molecular weight is 520 g/mol. The van der Waals surface area contributed by atoms with Gasteiger partial charge in [0.25, 0.3) is 0 Å². The van der Waals surface area contributed by atoms with Gasteiger partial charge in [0, 0.05) is 18.0 Å². The van der Waals surface area contributed by atoms with Gasteiger partial charge in [-0.15, -0.1) is 16.4 Å². The van der Waals surface area contributed by atoms with E-state index in [1.807, 2.05) is 54.8 Å². The van der Waals surface area contributed by atoms with Gasteiger partial charge in [-0.2, -0.15) is 0 Å². The first-order valence-electron chi connectivity index (χ1n) is 12.2. The molecule has 10 heteroatoms. The minimum absolute atomic E-state index is 0.0223. The van der Waals surface area contributed by atoms with Crippen LogP contribution in [0.3, 0.4) is 0 Å². The lowest BCUT2D eigenvalue weighted by Crippen LogP contribution is -2.46. The number of para-hydroxylation sites is 3. The van der Waals surface area contributed by atoms with Crippen LogP contribution in [-0.2, 0) is 20.9 Å². The van der Waals surface area contributed by atoms with Crippen molar-refractivity contribution in [2.45, 2.75) is 38.5 Å². The highest BCUT2D eigenvalue weighted by atomic mass is 32.1. The Morgan fingerprint density at radius 2 is 2.03 bits per heavy atom. The smallest absolute Gasteiger partial charge is 0.249 e. The van der Waals surface area contributed by atoms with Gasteiger partial charge in [-0.1, -0.05) is 29.5 Å². The van der Waals surface area contributed by atoms with E-state index in [4.69, 9.17) is 9.47 Å². The highest BCUT2D eigenvalue weighted by molar-refractivity contribution is 7.10. The number of thiophene rings is 1. The van der Waals surface area contributed by atoms with Crippen LogP contribution >= 0.6 is 11.3 Å². The number of carbonyl (C=O) groups excluding carboxylic acids is 2. The van der Waals surface area contributed by atoms with Crippen LogP contribution in [0, 0.1) is 6.92 Å². The largest absolute Gasteiger partial charge is 0.495 e. The fraction of sp³-hybridized carbons (Fsp3) is 0.333. The maximum Gasteiger partial charge on any atom is 0.249 e. The van der Waals surface area contributed by atoms with Crippen LogP contribution in [0.5, 0.6) is 5.75 Å². The van der Waals surface area contributed by atoms with Gasteiger partial charge in [-0.05, 0) is 61.0 Å². The summed E-state index contributed by atoms with van der Waals surface area (Å²) in [6, 6.07) is 15.7. The first-order chi connectivity index (χ1) is 18.1. The van der Waals surface area contributed by atoms with Crippen molar-refractivity contribution in [2.24, 2.45) is 0 Å². The zero-order chi connectivity index (χ0) is 25.8. The van der Waals surface area contributed by atoms with E-state index < -0.39 is 6.04 Å². The Morgan fingerprint density at radius 3 is 2.78 bits per heavy atom. The molecule has 37 heavy (non-hydrogen) atoms. The van der Waals surface area contributed by atoms with Crippen LogP contribution < -0.4 is 15.0 Å². The number of rotatable bonds is 9. The zero-order valence-corrected chi connectivity index (χ0v) is 21.6. The lowest BCUT2D eigenvalue weighted by molar-refractivity contribution is -0.127. The summed E-state index contributed by atoms with van der Waals surface area (Å²) in [4.78, 5) is 30.3. The molecule has 0 aliphatic carbocycles. The Bertz CT molecular complexity index is 1390. The minimum atomic E-state index is -0.903. The predicted molar refractivity (Wildman–Crippen MR) is 142 cm³/mol. The van der Waals surface area contributed by atoms with Crippen molar-refractivity contribution in [1.29, 1.82) is 0 Å². The standard InChI is InChI=1S/C27H29N5O4S/c1-18-13-15-37-26(18)25(27(34)28-16-19-8-7-14-36-19)32(22-11-5-6-12-23(22)35-2)24(33)17-31-21-10-4-3-9-20(21)29-30-31/h3-6,9-13,15,19,25H,7-8,14,16-17H2,1-2H3,(H,28,34)/t19-,25-/m1/s1. The number of nitrogens with zero attached hydrogens (tertiary/aromatic N) is 4. The molecular weight excluding hydrogens is 490 g/mol. The Balaban J connectivity index is 1.55. The van der Waals surface area contributed by atoms with Crippen molar-refractivity contribution in [3.63, 3.8) is 0 Å². The van der Waals surface area contributed by atoms with E-state index in [2.05, 4.69) is 15.6 Å². The lowest BCUT2D eigenvalue weighted by Gasteiger charge is -2.32. The summed E-state index contributed by atoms with van der Waals surface area (Å²) < 4.78 is 12.9. The number of anilines is 1. The van der Waals surface area contributed by atoms with E-state index in [1.165, 1.54) is 16.2 Å². The van der Waals surface area contributed by atoms with Crippen LogP contribution in [0.1, 0.15) is 29.3 Å². The molecule has 1 saturated heterocycles. The van der Waals surface area contributed by atoms with Gasteiger partial charge in [0.2, 0.25) is 11.8 Å². The predicted octanol–water partition coefficient (Wildman–Crippen LogP) is 3.88. The minimum Gasteiger partial charge on any atom is -0.495 e. The molecule has 0 bridgehead atoms. The van der Waals surface area contributed by atoms with Gasteiger partial charge in [0.1, 0.15) is 17.8 Å². The molecular formula is C27H29N5O4S. The van der Waals surface area contributed by atoms with Crippen molar-refractivity contribution in [3.05, 3.63) is 70.4 Å². The van der Waals surface area contributed by atoms with Crippen molar-refractivity contribution >= 4 is 39.9 Å². The molecule has 192 valence electrons. The number of methoxy groups -OCH3 is 1. The Hall–Kier alpha value is -3.76. The Labute approximate surface area is 219 Å². The summed E-state index contributed by atoms with van der Waals surface area (Å²) >= 11 is 1.45. The molecule has 4 aromatic rings. The summed E-state index contributed by atoms with van der Waals surface area (Å²) in [7, 11) is 1.55. The summed E-state index contributed by atoms with van der Waals surface area (Å²) in [6.45, 7) is 2.94. The van der Waals surface area contributed by atoms with Crippen LogP contribution in [-0.4, -0.2) is 53.2 Å². The highest BCUT2D eigenvalue weighted by Crippen LogP contribution is 2.38. The van der Waals surface area contributed by atoms with Crippen molar-refractivity contribution in [1.82, 2.24) is 20.3 Å². The summed E-state index contributed by atoms with van der Waals surface area (Å²) in [6.07, 6.45) is 1.86. The number of aromatic nitrogens is 3. The highest BCUT2D eigenvalue weighted by Gasteiger charge is 2.36. The van der Waals surface area contributed by atoms with Crippen molar-refractivity contribution in [3.8, 4) is 5.75 Å². The van der Waals surface area contributed by atoms with Crippen LogP contribution in [0.15, 0.2) is 60.0 Å². The van der Waals surface area contributed by atoms with E-state index >= 15 is 0 Å². The van der Waals surface area contributed by atoms with Crippen molar-refractivity contribution in [2.75, 3.05) is 25.2 Å². The molecule has 2 aromatic heterocycles. The molecule has 9 nitrogen and oxygen atoms in total. The van der Waals surface area contributed by atoms with E-state index in [9.17, 15) is 9.59 Å². The lowest BCUT2D eigenvalue weighted by atomic mass is 10.1. The molecule has 0 spiro atoms. The number of aryl methyl sites for hydroxylation is 1. The van der Waals surface area contributed by atoms with E-state index in [0.29, 0.717) is 30.1 Å². The number of amides is 2. The maximum atomic E-state index is 14.1. The molecule has 1 N–H and O–H groups in total. The quantitative estimate of drug-likeness (QED) is 0.360. The first-order valence-corrected chi connectivity index (χ1v) is 13.1. The van der Waals surface area contributed by atoms with Gasteiger partial charge >= 0.3 is 0 Å². The van der Waals surface area contributed by atoms with Crippen LogP contribution in [0.2, 0.25) is 0 Å². The monoisotopic (exact) mass is 519 g/mol. The van der Waals surface area contributed by atoms with E-state index in [0.717, 1.165) is 28.8 Å². The summed E-state index contributed by atoms with van der Waals surface area (Å²) in [5, 5.41) is 13.4. The van der Waals surface area contributed by atoms with Gasteiger partial charge < -0.3 is 14.8 Å². The van der Waals surface area contributed by atoms with Crippen LogP contribution in [0.4, 0.5) is 5.69 Å². The topological polar surface area (TPSA) is 98.6 Å². The number of ether oxygens (including phenoxy) is 2. The SMILES string of the molecule is COc1ccccc1N(C(=O)Cn1nnc2ccccc21)[C@@H](C(=O)NC[C@H]1CCCO1)c1sccc1C. The second-order valence-corrected chi connectivity index (χ2v) is 9.87. The number of fused-ring (bicyclic) bond motifs is 1. The zero-order valence-electron chi connectivity index (χ0n) is 20.8. The molecule has 2 atom stereocenters. The number of benzene rings is 2. The average Bonchev–Trinajstić information content (AvgIpc) is 3.68. The molecule has 0 radical (unpaired) electrons. The fourth-order valence-electron chi connectivity index (χ4n) is 4.62. The Kier molecular flexibility index (Phi) is 7.47. The third-order valence-electron chi connectivity index (χ3n) is 6.50. The van der Waals surface area contributed by atoms with Gasteiger partial charge in [-0.25, -0.2) is 4.68 Å². The molecule has 1 fully saturated rings. The Morgan fingerprint density at radius 1 is 1.22 bits per heavy atom. The molecule has 1 aliphatic heterocycles. The first kappa shape index (κ1) is 24.9. The normalized spacial score (nSPS) is 16.0. The molecule has 0 saturated carbocycles. The van der Waals surface area contributed by atoms with Gasteiger partial charge in [0.05, 0.1) is 24.4 Å². The van der Waals surface area contributed by atoms with Crippen LogP contribution in [0.25, 0.3) is 11.0 Å². The second kappa shape index (κ2) is 11.1. The maximum absolute atomic E-state index is 14.1. The third-order valence-corrected chi connectivity index (χ3v) is 7.57. The molecule has 2 amide bonds. The van der Waals surface area contributed by atoms with Gasteiger partial charge in [-0.3, -0.25) is 14.5 Å². The molecule has 1 aliphatic rings. The summed E-state index contributed by atoms with van der Waals surface area (Å²) in [5.41, 5.74) is 2.87. The number of hydrogen-bond donors (Lipinski definition) is 1. The molecule has 0 unspecified atom stereocenters. The number of hydrogen-bond acceptors (Lipinski definition) is 7. The third kappa shape index (κ3) is 5.21. The van der Waals surface area contributed by atoms with Gasteiger partial charge in [0.15, 0.2) is 6.04 Å². The molecule has 2 aromatic carbocycles. The molecule has 5 rings (SSSR count). The molecule has 3 heterocycles. The van der Waals surface area contributed by atoms with Crippen molar-refractivity contribution < 1.29 is 19.1 Å². The second-order valence-electron chi connectivity index (χ2n) is 8.92. The summed E-state index contributed by atoms with van der Waals surface area (Å²) in [5.74, 6) is -0.0978. The van der Waals surface area contributed by atoms with E-state index in [-0.39, 0.29) is 24.5 Å². The number of nitrogens with one attached hydrogen (secondary N) is 1. The number of carbonyl (C=O) groups is 2.